The largest absolute Gasteiger partial charge is 1.00 e. The molecule has 0 amide bonds. The van der Waals surface area contributed by atoms with Crippen LogP contribution in [-0.2, 0) is 19.2 Å². The van der Waals surface area contributed by atoms with Crippen LogP contribution in [0.5, 0.6) is 0 Å². The molecule has 0 saturated heterocycles. The van der Waals surface area contributed by atoms with Gasteiger partial charge in [-0.25, -0.2) is 0 Å². The average Bonchev–Trinajstić information content (AvgIpc) is 2.26. The zero-order valence-electron chi connectivity index (χ0n) is 17.6. The molecule has 0 radical (unpaired) electrons. The Bertz CT molecular complexity index is 261. The molecule has 0 fully saturated rings. The van der Waals surface area contributed by atoms with Gasteiger partial charge in [0, 0.05) is 43.1 Å². The van der Waals surface area contributed by atoms with E-state index in [1.165, 1.54) is 0 Å². The summed E-state index contributed by atoms with van der Waals surface area (Å²) in [7, 11) is 0. The summed E-state index contributed by atoms with van der Waals surface area (Å²) in [6.07, 6.45) is 0.608. The third-order valence-corrected chi connectivity index (χ3v) is 0.803. The van der Waals surface area contributed by atoms with Crippen molar-refractivity contribution in [2.45, 2.75) is 40.2 Å². The minimum Gasteiger partial charge on any atom is -0.550 e. The van der Waals surface area contributed by atoms with Crippen molar-refractivity contribution in [3.63, 3.8) is 0 Å². The first-order valence-corrected chi connectivity index (χ1v) is 6.01. The van der Waals surface area contributed by atoms with Gasteiger partial charge in [-0.2, -0.15) is 0 Å². The molecule has 15 heteroatoms. The smallest absolute Gasteiger partial charge is 0.550 e. The van der Waals surface area contributed by atoms with E-state index in [-0.39, 0.29) is 131 Å². The SMILES string of the molecule is CC(=O)[O-].CC(=O)[O-].CC(=O)[O-].CC(=O)[O-].NCC(N)CCO.[Na+].[Na+].[Na+].[Na+]. The molecule has 1 unspecified atom stereocenters. The Morgan fingerprint density at radius 2 is 0.889 bits per heavy atom. The number of hydrogen-bond donors (Lipinski definition) is 3. The number of aliphatic carboxylic acids is 4. The van der Waals surface area contributed by atoms with Crippen LogP contribution in [0.3, 0.4) is 0 Å². The van der Waals surface area contributed by atoms with Gasteiger partial charge in [0.05, 0.1) is 0 Å². The summed E-state index contributed by atoms with van der Waals surface area (Å²) in [5.74, 6) is -4.33. The minimum atomic E-state index is -1.08. The van der Waals surface area contributed by atoms with Crippen molar-refractivity contribution in [1.82, 2.24) is 0 Å². The second kappa shape index (κ2) is 50.9. The van der Waals surface area contributed by atoms with Crippen molar-refractivity contribution in [2.24, 2.45) is 11.5 Å². The molecule has 5 N–H and O–H groups in total. The van der Waals surface area contributed by atoms with Gasteiger partial charge in [0.2, 0.25) is 0 Å². The number of nitrogens with two attached hydrogens (primary N) is 2. The molecule has 0 rings (SSSR count). The minimum absolute atomic E-state index is 0. The quantitative estimate of drug-likeness (QED) is 0.354. The molecule has 0 spiro atoms. The first-order chi connectivity index (χ1) is 10.2. The fourth-order valence-electron chi connectivity index (χ4n) is 0.284. The standard InChI is InChI=1S/C4H12N2O.4C2H4O2.4Na/c5-3-4(6)1-2-7;4*1-2(3)4;;;;/h4,7H,1-3,5-6H2;4*1H3,(H,3,4);;;;/q;;;;;4*+1/p-4. The molecule has 1 atom stereocenters. The van der Waals surface area contributed by atoms with Gasteiger partial charge in [0.15, 0.2) is 0 Å². The summed E-state index contributed by atoms with van der Waals surface area (Å²) in [5.41, 5.74) is 10.4. The normalized spacial score (nSPS) is 7.37. The number of carboxylic acids is 4. The molecule has 0 saturated carbocycles. The molecular formula is C12H24N2Na4O9. The van der Waals surface area contributed by atoms with Crippen LogP contribution in [0.15, 0.2) is 0 Å². The van der Waals surface area contributed by atoms with E-state index < -0.39 is 23.9 Å². The Morgan fingerprint density at radius 3 is 0.926 bits per heavy atom. The van der Waals surface area contributed by atoms with Gasteiger partial charge in [0.25, 0.3) is 0 Å². The molecular weight excluding hydrogens is 408 g/mol. The number of carbonyl (C=O) groups is 4. The van der Waals surface area contributed by atoms with Crippen LogP contribution in [0, 0.1) is 0 Å². The van der Waals surface area contributed by atoms with Crippen LogP contribution >= 0.6 is 0 Å². The van der Waals surface area contributed by atoms with Crippen molar-refractivity contribution in [1.29, 1.82) is 0 Å². The Labute approximate surface area is 248 Å². The summed E-state index contributed by atoms with van der Waals surface area (Å²) in [6.45, 7) is 4.49. The Balaban J connectivity index is -0.0000000211. The van der Waals surface area contributed by atoms with Crippen molar-refractivity contribution in [3.8, 4) is 0 Å². The summed E-state index contributed by atoms with van der Waals surface area (Å²) in [5, 5.41) is 43.8. The van der Waals surface area contributed by atoms with Gasteiger partial charge in [-0.05, 0) is 34.1 Å². The molecule has 0 aliphatic rings. The number of rotatable bonds is 3. The van der Waals surface area contributed by atoms with E-state index in [1.54, 1.807) is 0 Å². The van der Waals surface area contributed by atoms with E-state index in [4.69, 9.17) is 56.2 Å². The van der Waals surface area contributed by atoms with Crippen LogP contribution in [0.25, 0.3) is 0 Å². The fraction of sp³-hybridized carbons (Fsp3) is 0.667. The average molecular weight is 432 g/mol. The Morgan fingerprint density at radius 1 is 0.741 bits per heavy atom. The molecule has 0 aliphatic heterocycles. The van der Waals surface area contributed by atoms with Crippen LogP contribution in [0.4, 0.5) is 0 Å². The predicted octanol–water partition coefficient (Wildman–Crippen LogP) is -18.3. The van der Waals surface area contributed by atoms with Gasteiger partial charge in [0.1, 0.15) is 0 Å². The molecule has 0 aromatic heterocycles. The Kier molecular flexibility index (Phi) is 107. The van der Waals surface area contributed by atoms with Crippen LogP contribution in [0.2, 0.25) is 0 Å². The van der Waals surface area contributed by atoms with Gasteiger partial charge < -0.3 is 56.2 Å². The van der Waals surface area contributed by atoms with E-state index in [0.717, 1.165) is 27.7 Å². The molecule has 140 valence electrons. The topological polar surface area (TPSA) is 233 Å². The second-order valence-corrected chi connectivity index (χ2v) is 3.47. The number of carbonyl (C=O) groups excluding carboxylic acids is 4. The molecule has 0 aromatic rings. The number of aliphatic hydroxyl groups excluding tert-OH is 1. The molecule has 0 heterocycles. The Hall–Kier alpha value is 1.76. The van der Waals surface area contributed by atoms with Gasteiger partial charge in [-0.1, -0.05) is 0 Å². The van der Waals surface area contributed by atoms with E-state index in [2.05, 4.69) is 0 Å². The summed E-state index contributed by atoms with van der Waals surface area (Å²) in [6, 6.07) is -0.0231. The van der Waals surface area contributed by atoms with E-state index in [1.807, 2.05) is 0 Å². The van der Waals surface area contributed by atoms with E-state index in [0.29, 0.717) is 13.0 Å². The van der Waals surface area contributed by atoms with Crippen molar-refractivity contribution < 1.29 is 163 Å². The summed E-state index contributed by atoms with van der Waals surface area (Å²) < 4.78 is 0. The zero-order valence-corrected chi connectivity index (χ0v) is 25.6. The fourth-order valence-corrected chi connectivity index (χ4v) is 0.284. The van der Waals surface area contributed by atoms with Crippen LogP contribution in [0.1, 0.15) is 34.1 Å². The number of aliphatic hydroxyl groups is 1. The van der Waals surface area contributed by atoms with Crippen LogP contribution in [-0.4, -0.2) is 48.2 Å². The van der Waals surface area contributed by atoms with E-state index >= 15 is 0 Å². The third-order valence-electron chi connectivity index (χ3n) is 0.803. The van der Waals surface area contributed by atoms with E-state index in [9.17, 15) is 0 Å². The van der Waals surface area contributed by atoms with Crippen LogP contribution < -0.4 is 150 Å². The maximum absolute atomic E-state index is 8.89. The maximum atomic E-state index is 8.89. The van der Waals surface area contributed by atoms with Gasteiger partial charge in [-0.3, -0.25) is 0 Å². The maximum Gasteiger partial charge on any atom is 1.00 e. The second-order valence-electron chi connectivity index (χ2n) is 3.47. The van der Waals surface area contributed by atoms with Gasteiger partial charge in [-0.15, -0.1) is 0 Å². The summed E-state index contributed by atoms with van der Waals surface area (Å²) in [4.78, 5) is 35.6. The molecule has 0 bridgehead atoms. The third kappa shape index (κ3) is 403. The zero-order chi connectivity index (χ0) is 20.0. The monoisotopic (exact) mass is 432 g/mol. The number of carboxylic acid groups (broad SMARTS) is 4. The predicted molar refractivity (Wildman–Crippen MR) is 71.5 cm³/mol. The van der Waals surface area contributed by atoms with Gasteiger partial charge >= 0.3 is 118 Å². The molecule has 11 nitrogen and oxygen atoms in total. The van der Waals surface area contributed by atoms with Crippen molar-refractivity contribution in [3.05, 3.63) is 0 Å². The molecule has 27 heavy (non-hydrogen) atoms. The number of hydrogen-bond acceptors (Lipinski definition) is 11. The first-order valence-electron chi connectivity index (χ1n) is 6.01. The summed E-state index contributed by atoms with van der Waals surface area (Å²) >= 11 is 0. The first kappa shape index (κ1) is 56.8. The van der Waals surface area contributed by atoms with Crippen molar-refractivity contribution in [2.75, 3.05) is 13.2 Å². The molecule has 0 aliphatic carbocycles. The molecule has 0 aromatic carbocycles. The van der Waals surface area contributed by atoms with Crippen molar-refractivity contribution >= 4 is 23.9 Å².